The number of quaternary nitrogens is 1. The van der Waals surface area contributed by atoms with Crippen molar-refractivity contribution in [3.63, 3.8) is 0 Å². The number of halogens is 1. The number of pyridine rings is 1. The first kappa shape index (κ1) is 34.5. The number of carbonyl (C=O) groups excluding carboxylic acids is 2. The highest BCUT2D eigenvalue weighted by Gasteiger charge is 2.18. The van der Waals surface area contributed by atoms with Gasteiger partial charge in [-0.25, -0.2) is 15.2 Å². The van der Waals surface area contributed by atoms with Crippen LogP contribution in [0.1, 0.15) is 111 Å². The van der Waals surface area contributed by atoms with Gasteiger partial charge in [0.15, 0.2) is 5.82 Å². The average molecular weight is 500 g/mol. The van der Waals surface area contributed by atoms with E-state index in [0.29, 0.717) is 25.4 Å². The number of anilines is 1. The van der Waals surface area contributed by atoms with Crippen molar-refractivity contribution in [2.75, 3.05) is 25.6 Å². The number of carbonyl (C=O) groups is 2. The maximum absolute atomic E-state index is 11.1. The largest absolute Gasteiger partial charge is 1.00 e. The second kappa shape index (κ2) is 24.5. The van der Waals surface area contributed by atoms with Crippen LogP contribution >= 0.6 is 0 Å². The van der Waals surface area contributed by atoms with Gasteiger partial charge in [-0.3, -0.25) is 4.79 Å². The Balaban J connectivity index is 0. The predicted octanol–water partition coefficient (Wildman–Crippen LogP) is 4.07. The number of hydrogen-bond donors (Lipinski definition) is 1. The van der Waals surface area contributed by atoms with E-state index in [0.717, 1.165) is 12.8 Å². The van der Waals surface area contributed by atoms with Crippen molar-refractivity contribution in [1.29, 1.82) is 0 Å². The predicted molar refractivity (Wildman–Crippen MR) is 138 cm³/mol. The highest BCUT2D eigenvalue weighted by atomic mass is 35.5. The lowest BCUT2D eigenvalue weighted by Gasteiger charge is -2.25. The first-order valence-corrected chi connectivity index (χ1v) is 13.2. The summed E-state index contributed by atoms with van der Waals surface area (Å²) in [6.07, 6.45) is 20.6. The molecule has 0 fully saturated rings. The third kappa shape index (κ3) is 20.9. The zero-order valence-electron chi connectivity index (χ0n) is 22.2. The van der Waals surface area contributed by atoms with Gasteiger partial charge in [-0.05, 0) is 32.4 Å². The van der Waals surface area contributed by atoms with Crippen molar-refractivity contribution in [1.82, 2.24) is 4.98 Å². The van der Waals surface area contributed by atoms with Crippen LogP contribution in [0.25, 0.3) is 0 Å². The molecule has 0 aliphatic heterocycles. The van der Waals surface area contributed by atoms with Crippen molar-refractivity contribution in [3.05, 3.63) is 24.4 Å². The number of ether oxygens (including phenoxy) is 1. The fourth-order valence-corrected chi connectivity index (χ4v) is 3.39. The van der Waals surface area contributed by atoms with Gasteiger partial charge in [0.05, 0.1) is 13.7 Å². The smallest absolute Gasteiger partial charge is 0.325 e. The summed E-state index contributed by atoms with van der Waals surface area (Å²) < 4.78 is 5.05. The second-order valence-corrected chi connectivity index (χ2v) is 8.81. The lowest BCUT2D eigenvalue weighted by Crippen LogP contribution is -3.00. The summed E-state index contributed by atoms with van der Waals surface area (Å²) in [5.41, 5.74) is 3.01. The fourth-order valence-electron chi connectivity index (χ4n) is 3.39. The monoisotopic (exact) mass is 499 g/mol. The molecule has 0 aromatic carbocycles. The van der Waals surface area contributed by atoms with Gasteiger partial charge in [0.1, 0.15) is 6.54 Å². The topological polar surface area (TPSA) is 68.3 Å². The molecule has 1 aromatic heterocycles. The molecule has 1 N–H and O–H groups in total. The van der Waals surface area contributed by atoms with E-state index in [1.807, 2.05) is 32.0 Å². The Morgan fingerprint density at radius 1 is 0.912 bits per heavy atom. The van der Waals surface area contributed by atoms with E-state index in [4.69, 9.17) is 4.74 Å². The molecule has 1 amide bonds. The first-order chi connectivity index (χ1) is 16.0. The summed E-state index contributed by atoms with van der Waals surface area (Å²) in [6.45, 7) is 7.26. The van der Waals surface area contributed by atoms with Crippen molar-refractivity contribution in [2.45, 2.75) is 111 Å². The molecule has 0 aliphatic carbocycles. The average Bonchev–Trinajstić information content (AvgIpc) is 2.83. The van der Waals surface area contributed by atoms with Gasteiger partial charge >= 0.3 is 12.4 Å². The lowest BCUT2D eigenvalue weighted by atomic mass is 10.0. The van der Waals surface area contributed by atoms with Crippen LogP contribution in [0.15, 0.2) is 24.4 Å². The van der Waals surface area contributed by atoms with Crippen molar-refractivity contribution in [2.24, 2.45) is 0 Å². The zero-order chi connectivity index (χ0) is 24.6. The van der Waals surface area contributed by atoms with Gasteiger partial charge in [0.25, 0.3) is 0 Å². The summed E-state index contributed by atoms with van der Waals surface area (Å²) in [7, 11) is 1.79. The summed E-state index contributed by atoms with van der Waals surface area (Å²) in [5.74, 6) is 0.675. The summed E-state index contributed by atoms with van der Waals surface area (Å²) >= 11 is 0. The Hall–Kier alpha value is -1.66. The molecule has 198 valence electrons. The maximum atomic E-state index is 11.1. The number of unbranched alkanes of at least 4 members (excludes halogenated alkanes) is 12. The molecule has 1 unspecified atom stereocenters. The van der Waals surface area contributed by atoms with Crippen LogP contribution < -0.4 is 17.8 Å². The SMILES string of the molecule is CCCCCCCCCCCCCCCC(=O)OCC.CC[N+](C)(C=O)Nc1ccccn1.[Cl-]. The van der Waals surface area contributed by atoms with Crippen molar-refractivity contribution in [3.8, 4) is 0 Å². The van der Waals surface area contributed by atoms with Gasteiger partial charge in [-0.15, -0.1) is 0 Å². The van der Waals surface area contributed by atoms with Crippen LogP contribution in [0.4, 0.5) is 5.82 Å². The molecule has 0 bridgehead atoms. The van der Waals surface area contributed by atoms with Gasteiger partial charge in [-0.2, -0.15) is 4.59 Å². The minimum absolute atomic E-state index is 0. The highest BCUT2D eigenvalue weighted by Crippen LogP contribution is 2.13. The van der Waals surface area contributed by atoms with Gasteiger partial charge in [-0.1, -0.05) is 90.0 Å². The number of amides is 1. The van der Waals surface area contributed by atoms with E-state index in [9.17, 15) is 9.59 Å². The lowest BCUT2D eigenvalue weighted by molar-refractivity contribution is -0.800. The number of aromatic nitrogens is 1. The van der Waals surface area contributed by atoms with Crippen LogP contribution in [0.2, 0.25) is 0 Å². The van der Waals surface area contributed by atoms with Crippen LogP contribution in [-0.4, -0.2) is 42.2 Å². The zero-order valence-corrected chi connectivity index (χ0v) is 23.0. The molecule has 1 heterocycles. The van der Waals surface area contributed by atoms with Gasteiger partial charge in [0, 0.05) is 12.6 Å². The Kier molecular flexibility index (Phi) is 24.8. The molecule has 0 saturated carbocycles. The Bertz CT molecular complexity index is 590. The van der Waals surface area contributed by atoms with E-state index < -0.39 is 0 Å². The molecule has 0 saturated heterocycles. The molecule has 0 radical (unpaired) electrons. The molecule has 0 aliphatic rings. The minimum atomic E-state index is -0.0319. The Morgan fingerprint density at radius 2 is 1.44 bits per heavy atom. The summed E-state index contributed by atoms with van der Waals surface area (Å²) in [4.78, 5) is 25.9. The Labute approximate surface area is 215 Å². The minimum Gasteiger partial charge on any atom is -1.00 e. The summed E-state index contributed by atoms with van der Waals surface area (Å²) in [5, 5.41) is 0. The van der Waals surface area contributed by atoms with E-state index in [2.05, 4.69) is 17.3 Å². The number of esters is 1. The number of rotatable bonds is 19. The fraction of sp³-hybridized carbons (Fsp3) is 0.741. The highest BCUT2D eigenvalue weighted by molar-refractivity contribution is 5.69. The molecular weight excluding hydrogens is 450 g/mol. The third-order valence-corrected chi connectivity index (χ3v) is 5.71. The van der Waals surface area contributed by atoms with Crippen LogP contribution in [-0.2, 0) is 14.3 Å². The molecule has 1 aromatic rings. The van der Waals surface area contributed by atoms with Crippen molar-refractivity contribution < 1.29 is 31.3 Å². The first-order valence-electron chi connectivity index (χ1n) is 13.2. The number of hydrogen-bond acceptors (Lipinski definition) is 5. The molecular formula is C27H50ClN3O3. The van der Waals surface area contributed by atoms with Gasteiger partial charge in [0.2, 0.25) is 0 Å². The van der Waals surface area contributed by atoms with E-state index >= 15 is 0 Å². The standard InChI is InChI=1S/C18H36O2.C9H14N3O.ClH/c1-3-5-6-7-8-9-10-11-12-13-14-15-16-17-18(19)20-4-2;1-3-12(2,8-13)11-9-6-4-5-7-10-9;/h3-17H2,1-2H3;4-8H,3H2,1-2H3,(H,10,11);1H/q;+1;/p-1. The van der Waals surface area contributed by atoms with Crippen LogP contribution in [0, 0.1) is 0 Å². The molecule has 1 rings (SSSR count). The van der Waals surface area contributed by atoms with Crippen molar-refractivity contribution >= 4 is 18.2 Å². The normalized spacial score (nSPS) is 11.9. The molecule has 7 heteroatoms. The molecule has 6 nitrogen and oxygen atoms in total. The molecule has 0 spiro atoms. The molecule has 34 heavy (non-hydrogen) atoms. The number of nitrogens with one attached hydrogen (secondary N) is 1. The quantitative estimate of drug-likeness (QED) is 0.102. The second-order valence-electron chi connectivity index (χ2n) is 8.81. The Morgan fingerprint density at radius 3 is 1.85 bits per heavy atom. The number of nitrogens with zero attached hydrogens (tertiary/aromatic N) is 2. The molecule has 1 atom stereocenters. The summed E-state index contributed by atoms with van der Waals surface area (Å²) in [6, 6.07) is 5.54. The van der Waals surface area contributed by atoms with E-state index in [-0.39, 0.29) is 23.0 Å². The van der Waals surface area contributed by atoms with Gasteiger partial charge < -0.3 is 17.1 Å². The third-order valence-electron chi connectivity index (χ3n) is 5.71. The van der Waals surface area contributed by atoms with E-state index in [1.54, 1.807) is 13.2 Å². The van der Waals surface area contributed by atoms with Crippen LogP contribution in [0.3, 0.4) is 0 Å². The van der Waals surface area contributed by atoms with Crippen LogP contribution in [0.5, 0.6) is 0 Å². The van der Waals surface area contributed by atoms with E-state index in [1.165, 1.54) is 77.0 Å². The maximum Gasteiger partial charge on any atom is 0.325 e.